The Morgan fingerprint density at radius 3 is 2.68 bits per heavy atom. The Bertz CT molecular complexity index is 433. The molecule has 1 saturated heterocycles. The van der Waals surface area contributed by atoms with Gasteiger partial charge in [0.1, 0.15) is 5.75 Å². The van der Waals surface area contributed by atoms with Gasteiger partial charge in [-0.1, -0.05) is 15.9 Å². The molecule has 0 amide bonds. The van der Waals surface area contributed by atoms with E-state index in [9.17, 15) is 5.11 Å². The summed E-state index contributed by atoms with van der Waals surface area (Å²) in [4.78, 5) is 0. The van der Waals surface area contributed by atoms with Gasteiger partial charge in [-0.2, -0.15) is 0 Å². The summed E-state index contributed by atoms with van der Waals surface area (Å²) >= 11 is 3.45. The number of benzene rings is 1. The van der Waals surface area contributed by atoms with E-state index in [0.717, 1.165) is 15.9 Å². The zero-order valence-electron chi connectivity index (χ0n) is 11.3. The van der Waals surface area contributed by atoms with Gasteiger partial charge in [-0.15, -0.1) is 0 Å². The van der Waals surface area contributed by atoms with Crippen molar-refractivity contribution in [3.8, 4) is 5.75 Å². The van der Waals surface area contributed by atoms with Crippen LogP contribution in [0.4, 0.5) is 5.69 Å². The zero-order chi connectivity index (χ0) is 13.9. The molecule has 19 heavy (non-hydrogen) atoms. The van der Waals surface area contributed by atoms with Gasteiger partial charge in [0.25, 0.3) is 0 Å². The number of halogens is 1. The van der Waals surface area contributed by atoms with Crippen molar-refractivity contribution < 1.29 is 14.6 Å². The molecule has 1 aromatic carbocycles. The molecule has 0 aromatic heterocycles. The highest BCUT2D eigenvalue weighted by Crippen LogP contribution is 2.29. The van der Waals surface area contributed by atoms with Crippen LogP contribution in [0.1, 0.15) is 19.8 Å². The molecule has 0 spiro atoms. The van der Waals surface area contributed by atoms with E-state index >= 15 is 0 Å². The highest BCUT2D eigenvalue weighted by Gasteiger charge is 2.35. The maximum absolute atomic E-state index is 10.6. The molecule has 2 N–H and O–H groups in total. The second kappa shape index (κ2) is 6.11. The lowest BCUT2D eigenvalue weighted by Crippen LogP contribution is -2.49. The third kappa shape index (κ3) is 3.61. The van der Waals surface area contributed by atoms with E-state index in [1.165, 1.54) is 0 Å². The number of methoxy groups -OCH3 is 1. The molecule has 0 radical (unpaired) electrons. The monoisotopic (exact) mass is 329 g/mol. The van der Waals surface area contributed by atoms with Crippen LogP contribution in [0.2, 0.25) is 0 Å². The fourth-order valence-electron chi connectivity index (χ4n) is 2.31. The van der Waals surface area contributed by atoms with Gasteiger partial charge >= 0.3 is 0 Å². The lowest BCUT2D eigenvalue weighted by Gasteiger charge is -2.38. The number of rotatable bonds is 4. The Kier molecular flexibility index (Phi) is 4.71. The van der Waals surface area contributed by atoms with Crippen LogP contribution in [0.25, 0.3) is 0 Å². The van der Waals surface area contributed by atoms with Gasteiger partial charge in [0.05, 0.1) is 18.8 Å². The standard InChI is InChI=1S/C14H20BrNO3/c1-10(14(17)3-5-19-6-4-14)16-12-7-11(15)8-13(9-12)18-2/h7-10,16-17H,3-6H2,1-2H3. The van der Waals surface area contributed by atoms with Crippen LogP contribution in [0, 0.1) is 0 Å². The Morgan fingerprint density at radius 2 is 2.05 bits per heavy atom. The van der Waals surface area contributed by atoms with Gasteiger partial charge in [-0.3, -0.25) is 0 Å². The van der Waals surface area contributed by atoms with Crippen LogP contribution in [0.15, 0.2) is 22.7 Å². The second-order valence-corrected chi connectivity index (χ2v) is 5.88. The summed E-state index contributed by atoms with van der Waals surface area (Å²) in [6.07, 6.45) is 1.32. The Balaban J connectivity index is 2.09. The fraction of sp³-hybridized carbons (Fsp3) is 0.571. The van der Waals surface area contributed by atoms with Gasteiger partial charge in [0.2, 0.25) is 0 Å². The summed E-state index contributed by atoms with van der Waals surface area (Å²) in [7, 11) is 1.64. The first-order valence-corrected chi connectivity index (χ1v) is 7.24. The largest absolute Gasteiger partial charge is 0.497 e. The van der Waals surface area contributed by atoms with Crippen LogP contribution in [0.5, 0.6) is 5.75 Å². The molecule has 1 atom stereocenters. The van der Waals surface area contributed by atoms with Crippen LogP contribution in [-0.4, -0.2) is 37.1 Å². The van der Waals surface area contributed by atoms with Crippen LogP contribution in [0.3, 0.4) is 0 Å². The predicted octanol–water partition coefficient (Wildman–Crippen LogP) is 2.80. The maximum Gasteiger partial charge on any atom is 0.122 e. The van der Waals surface area contributed by atoms with Crippen LogP contribution < -0.4 is 10.1 Å². The van der Waals surface area contributed by atoms with Crippen molar-refractivity contribution in [1.82, 2.24) is 0 Å². The molecule has 1 aliphatic rings. The van der Waals surface area contributed by atoms with E-state index in [0.29, 0.717) is 26.1 Å². The first kappa shape index (κ1) is 14.6. The number of ether oxygens (including phenoxy) is 2. The van der Waals surface area contributed by atoms with Gasteiger partial charge in [-0.05, 0) is 19.1 Å². The molecular weight excluding hydrogens is 310 g/mol. The molecule has 5 heteroatoms. The lowest BCUT2D eigenvalue weighted by molar-refractivity contribution is -0.0711. The molecule has 1 aliphatic heterocycles. The molecule has 0 aliphatic carbocycles. The summed E-state index contributed by atoms with van der Waals surface area (Å²) in [5.41, 5.74) is 0.215. The number of aliphatic hydroxyl groups is 1. The number of hydrogen-bond acceptors (Lipinski definition) is 4. The van der Waals surface area contributed by atoms with Gasteiger partial charge in [-0.25, -0.2) is 0 Å². The average molecular weight is 330 g/mol. The van der Waals surface area contributed by atoms with E-state index in [1.807, 2.05) is 25.1 Å². The number of anilines is 1. The molecule has 0 saturated carbocycles. The van der Waals surface area contributed by atoms with Crippen LogP contribution in [-0.2, 0) is 4.74 Å². The molecule has 1 fully saturated rings. The zero-order valence-corrected chi connectivity index (χ0v) is 12.9. The fourth-order valence-corrected chi connectivity index (χ4v) is 2.78. The predicted molar refractivity (Wildman–Crippen MR) is 78.8 cm³/mol. The maximum atomic E-state index is 10.6. The summed E-state index contributed by atoms with van der Waals surface area (Å²) < 4.78 is 11.5. The molecule has 106 valence electrons. The highest BCUT2D eigenvalue weighted by molar-refractivity contribution is 9.10. The van der Waals surface area contributed by atoms with Crippen molar-refractivity contribution in [3.05, 3.63) is 22.7 Å². The topological polar surface area (TPSA) is 50.7 Å². The Hall–Kier alpha value is -0.780. The van der Waals surface area contributed by atoms with Gasteiger partial charge < -0.3 is 19.9 Å². The molecule has 0 bridgehead atoms. The Labute approximate surface area is 122 Å². The van der Waals surface area contributed by atoms with E-state index in [2.05, 4.69) is 21.2 Å². The average Bonchev–Trinajstić information content (AvgIpc) is 2.38. The second-order valence-electron chi connectivity index (χ2n) is 4.96. The third-order valence-corrected chi connectivity index (χ3v) is 4.11. The van der Waals surface area contributed by atoms with Crippen molar-refractivity contribution in [2.45, 2.75) is 31.4 Å². The third-order valence-electron chi connectivity index (χ3n) is 3.65. The summed E-state index contributed by atoms with van der Waals surface area (Å²) in [5.74, 6) is 0.781. The van der Waals surface area contributed by atoms with Crippen LogP contribution >= 0.6 is 15.9 Å². The molecule has 2 rings (SSSR count). The van der Waals surface area contributed by atoms with Crippen molar-refractivity contribution in [2.24, 2.45) is 0 Å². The van der Waals surface area contributed by atoms with Crippen molar-refractivity contribution >= 4 is 21.6 Å². The molecular formula is C14H20BrNO3. The highest BCUT2D eigenvalue weighted by atomic mass is 79.9. The van der Waals surface area contributed by atoms with Crippen molar-refractivity contribution in [2.75, 3.05) is 25.6 Å². The normalized spacial score (nSPS) is 19.8. The summed E-state index contributed by atoms with van der Waals surface area (Å²) in [6, 6.07) is 5.75. The number of nitrogens with one attached hydrogen (secondary N) is 1. The molecule has 1 heterocycles. The smallest absolute Gasteiger partial charge is 0.122 e. The van der Waals surface area contributed by atoms with Gasteiger partial charge in [0.15, 0.2) is 0 Å². The van der Waals surface area contributed by atoms with E-state index in [1.54, 1.807) is 7.11 Å². The van der Waals surface area contributed by atoms with Crippen molar-refractivity contribution in [1.29, 1.82) is 0 Å². The minimum Gasteiger partial charge on any atom is -0.497 e. The number of hydrogen-bond donors (Lipinski definition) is 2. The quantitative estimate of drug-likeness (QED) is 0.891. The first-order chi connectivity index (χ1) is 9.03. The van der Waals surface area contributed by atoms with E-state index < -0.39 is 5.60 Å². The lowest BCUT2D eigenvalue weighted by atomic mass is 9.87. The first-order valence-electron chi connectivity index (χ1n) is 6.45. The minimum absolute atomic E-state index is 0.0459. The summed E-state index contributed by atoms with van der Waals surface area (Å²) in [6.45, 7) is 3.23. The molecule has 1 aromatic rings. The SMILES string of the molecule is COc1cc(Br)cc(NC(C)C2(O)CCOCC2)c1. The van der Waals surface area contributed by atoms with E-state index in [-0.39, 0.29) is 6.04 Å². The summed E-state index contributed by atoms with van der Waals surface area (Å²) in [5, 5.41) is 14.0. The molecule has 4 nitrogen and oxygen atoms in total. The van der Waals surface area contributed by atoms with Gasteiger partial charge in [0, 0.05) is 42.3 Å². The van der Waals surface area contributed by atoms with E-state index in [4.69, 9.17) is 9.47 Å². The van der Waals surface area contributed by atoms with Crippen molar-refractivity contribution in [3.63, 3.8) is 0 Å². The minimum atomic E-state index is -0.714. The molecule has 1 unspecified atom stereocenters. The Morgan fingerprint density at radius 1 is 1.37 bits per heavy atom.